The molecule has 0 atom stereocenters. The van der Waals surface area contributed by atoms with E-state index in [-0.39, 0.29) is 0 Å². The van der Waals surface area contributed by atoms with Crippen LogP contribution in [0, 0.1) is 11.3 Å². The van der Waals surface area contributed by atoms with E-state index in [1.165, 1.54) is 12.4 Å². The summed E-state index contributed by atoms with van der Waals surface area (Å²) in [7, 11) is 0. The van der Waals surface area contributed by atoms with Crippen molar-refractivity contribution < 1.29 is 0 Å². The first-order chi connectivity index (χ1) is 5.36. The Balaban J connectivity index is 2.84. The molecule has 0 saturated carbocycles. The molecule has 0 amide bonds. The Morgan fingerprint density at radius 2 is 2.18 bits per heavy atom. The fraction of sp³-hybridized carbons (Fsp3) is 0.125. The minimum Gasteiger partial charge on any atom is -0.240 e. The number of nitriles is 1. The molecule has 0 saturated heterocycles. The van der Waals surface area contributed by atoms with E-state index < -0.39 is 0 Å². The minimum absolute atomic E-state index is 0.484. The Hall–Kier alpha value is -1.69. The lowest BCUT2D eigenvalue weighted by molar-refractivity contribution is 0.984. The summed E-state index contributed by atoms with van der Waals surface area (Å²) in [6.07, 6.45) is 5.38. The molecular weight excluding hydrogens is 138 g/mol. The van der Waals surface area contributed by atoms with Crippen LogP contribution in [0.15, 0.2) is 25.0 Å². The lowest BCUT2D eigenvalue weighted by Gasteiger charge is -1.92. The zero-order valence-electron chi connectivity index (χ0n) is 5.99. The molecule has 0 aliphatic carbocycles. The Bertz CT molecular complexity index is 281. The van der Waals surface area contributed by atoms with Crippen LogP contribution in [0.1, 0.15) is 11.4 Å². The summed E-state index contributed by atoms with van der Waals surface area (Å²) in [5, 5.41) is 8.41. The molecule has 0 aliphatic rings. The second-order valence-electron chi connectivity index (χ2n) is 1.99. The average Bonchev–Trinajstić information content (AvgIpc) is 2.07. The minimum atomic E-state index is 0.484. The van der Waals surface area contributed by atoms with Crippen LogP contribution in [-0.2, 0) is 6.42 Å². The molecule has 0 aliphatic heterocycles. The largest absolute Gasteiger partial charge is 0.240 e. The predicted octanol–water partition coefficient (Wildman–Crippen LogP) is 1.08. The summed E-state index contributed by atoms with van der Waals surface area (Å²) in [6, 6.07) is 1.95. The van der Waals surface area contributed by atoms with Crippen molar-refractivity contribution >= 4 is 0 Å². The van der Waals surface area contributed by atoms with Crippen molar-refractivity contribution in [3.05, 3.63) is 36.4 Å². The Morgan fingerprint density at radius 1 is 1.55 bits per heavy atom. The number of aromatic nitrogens is 2. The van der Waals surface area contributed by atoms with Gasteiger partial charge in [0.15, 0.2) is 0 Å². The summed E-state index contributed by atoms with van der Waals surface area (Å²) in [5.74, 6) is 0.694. The molecule has 0 fully saturated rings. The third-order valence-electron chi connectivity index (χ3n) is 1.16. The van der Waals surface area contributed by atoms with Gasteiger partial charge in [0, 0.05) is 18.8 Å². The molecule has 1 aromatic rings. The number of hydrogen-bond donors (Lipinski definition) is 0. The molecule has 3 heteroatoms. The van der Waals surface area contributed by atoms with Crippen LogP contribution in [0.25, 0.3) is 0 Å². The van der Waals surface area contributed by atoms with E-state index in [1.54, 1.807) is 6.08 Å². The quantitative estimate of drug-likeness (QED) is 0.585. The maximum Gasteiger partial charge on any atom is 0.132 e. The van der Waals surface area contributed by atoms with Gasteiger partial charge in [-0.15, -0.1) is 6.58 Å². The summed E-state index contributed by atoms with van der Waals surface area (Å²) in [4.78, 5) is 7.87. The Morgan fingerprint density at radius 3 is 2.64 bits per heavy atom. The first-order valence-electron chi connectivity index (χ1n) is 3.18. The first kappa shape index (κ1) is 7.42. The molecule has 1 heterocycles. The molecular formula is C8H7N3. The highest BCUT2D eigenvalue weighted by molar-refractivity contribution is 5.21. The van der Waals surface area contributed by atoms with E-state index in [2.05, 4.69) is 16.5 Å². The fourth-order valence-electron chi connectivity index (χ4n) is 0.647. The highest BCUT2D eigenvalue weighted by atomic mass is 14.9. The SMILES string of the molecule is C=CCc1ncc(C#N)cn1. The third-order valence-corrected chi connectivity index (χ3v) is 1.16. The monoisotopic (exact) mass is 145 g/mol. The van der Waals surface area contributed by atoms with E-state index >= 15 is 0 Å². The van der Waals surface area contributed by atoms with Crippen LogP contribution in [0.4, 0.5) is 0 Å². The lowest BCUT2D eigenvalue weighted by Crippen LogP contribution is -1.92. The molecule has 0 unspecified atom stereocenters. The van der Waals surface area contributed by atoms with Gasteiger partial charge in [-0.2, -0.15) is 5.26 Å². The van der Waals surface area contributed by atoms with Crippen LogP contribution < -0.4 is 0 Å². The maximum absolute atomic E-state index is 8.41. The maximum atomic E-state index is 8.41. The summed E-state index contributed by atoms with van der Waals surface area (Å²) >= 11 is 0. The zero-order valence-corrected chi connectivity index (χ0v) is 5.99. The Kier molecular flexibility index (Phi) is 2.34. The van der Waals surface area contributed by atoms with E-state index in [0.29, 0.717) is 17.8 Å². The third kappa shape index (κ3) is 1.87. The molecule has 0 radical (unpaired) electrons. The molecule has 1 rings (SSSR count). The van der Waals surface area contributed by atoms with Crippen LogP contribution >= 0.6 is 0 Å². The van der Waals surface area contributed by atoms with E-state index in [4.69, 9.17) is 5.26 Å². The van der Waals surface area contributed by atoms with Gasteiger partial charge >= 0.3 is 0 Å². The molecule has 0 spiro atoms. The van der Waals surface area contributed by atoms with Crippen LogP contribution in [0.3, 0.4) is 0 Å². The van der Waals surface area contributed by atoms with E-state index in [9.17, 15) is 0 Å². The van der Waals surface area contributed by atoms with Gasteiger partial charge in [-0.1, -0.05) is 6.08 Å². The lowest BCUT2D eigenvalue weighted by atomic mass is 10.3. The number of nitrogens with zero attached hydrogens (tertiary/aromatic N) is 3. The Labute approximate surface area is 65.0 Å². The van der Waals surface area contributed by atoms with Crippen molar-refractivity contribution in [2.45, 2.75) is 6.42 Å². The molecule has 54 valence electrons. The van der Waals surface area contributed by atoms with Crippen molar-refractivity contribution in [1.82, 2.24) is 9.97 Å². The van der Waals surface area contributed by atoms with Gasteiger partial charge in [0.1, 0.15) is 11.9 Å². The standard InChI is InChI=1S/C8H7N3/c1-2-3-8-10-5-7(4-9)6-11-8/h2,5-6H,1,3H2. The predicted molar refractivity (Wildman–Crippen MR) is 40.6 cm³/mol. The van der Waals surface area contributed by atoms with Gasteiger partial charge < -0.3 is 0 Å². The van der Waals surface area contributed by atoms with Crippen LogP contribution in [-0.4, -0.2) is 9.97 Å². The van der Waals surface area contributed by atoms with Gasteiger partial charge in [0.2, 0.25) is 0 Å². The van der Waals surface area contributed by atoms with Crippen LogP contribution in [0.2, 0.25) is 0 Å². The number of allylic oxidation sites excluding steroid dienone is 1. The smallest absolute Gasteiger partial charge is 0.132 e. The average molecular weight is 145 g/mol. The molecule has 0 bridgehead atoms. The topological polar surface area (TPSA) is 49.6 Å². The van der Waals surface area contributed by atoms with E-state index in [0.717, 1.165) is 0 Å². The molecule has 0 aromatic carbocycles. The summed E-state index contributed by atoms with van der Waals surface area (Å²) in [5.41, 5.74) is 0.484. The number of hydrogen-bond acceptors (Lipinski definition) is 3. The molecule has 3 nitrogen and oxygen atoms in total. The summed E-state index contributed by atoms with van der Waals surface area (Å²) in [6.45, 7) is 3.55. The molecule has 1 aromatic heterocycles. The van der Waals surface area contributed by atoms with Gasteiger partial charge in [0.25, 0.3) is 0 Å². The van der Waals surface area contributed by atoms with Crippen LogP contribution in [0.5, 0.6) is 0 Å². The molecule has 0 N–H and O–H groups in total. The second-order valence-corrected chi connectivity index (χ2v) is 1.99. The van der Waals surface area contributed by atoms with E-state index in [1.807, 2.05) is 6.07 Å². The van der Waals surface area contributed by atoms with Crippen molar-refractivity contribution in [3.8, 4) is 6.07 Å². The van der Waals surface area contributed by atoms with Crippen molar-refractivity contribution in [2.75, 3.05) is 0 Å². The van der Waals surface area contributed by atoms with Gasteiger partial charge in [-0.25, -0.2) is 9.97 Å². The second kappa shape index (κ2) is 3.47. The zero-order chi connectivity index (χ0) is 8.10. The normalized spacial score (nSPS) is 8.64. The fourth-order valence-corrected chi connectivity index (χ4v) is 0.647. The van der Waals surface area contributed by atoms with Gasteiger partial charge in [-0.3, -0.25) is 0 Å². The van der Waals surface area contributed by atoms with Gasteiger partial charge in [0.05, 0.1) is 5.56 Å². The highest BCUT2D eigenvalue weighted by Crippen LogP contribution is 1.94. The summed E-state index contributed by atoms with van der Waals surface area (Å²) < 4.78 is 0. The van der Waals surface area contributed by atoms with Gasteiger partial charge in [-0.05, 0) is 0 Å². The number of rotatable bonds is 2. The first-order valence-corrected chi connectivity index (χ1v) is 3.18. The van der Waals surface area contributed by atoms with Crippen molar-refractivity contribution in [2.24, 2.45) is 0 Å². The van der Waals surface area contributed by atoms with Crippen molar-refractivity contribution in [3.63, 3.8) is 0 Å². The van der Waals surface area contributed by atoms with Crippen molar-refractivity contribution in [1.29, 1.82) is 5.26 Å². The highest BCUT2D eigenvalue weighted by Gasteiger charge is 1.92. The molecule has 11 heavy (non-hydrogen) atoms.